The highest BCUT2D eigenvalue weighted by molar-refractivity contribution is 7.92. The Labute approximate surface area is 196 Å². The smallest absolute Gasteiger partial charge is 0.264 e. The first-order valence-corrected chi connectivity index (χ1v) is 12.5. The summed E-state index contributed by atoms with van der Waals surface area (Å²) in [4.78, 5) is 17.5. The fraction of sp³-hybridized carbons (Fsp3) is 0.269. The fourth-order valence-electron chi connectivity index (χ4n) is 4.18. The van der Waals surface area contributed by atoms with Crippen LogP contribution in [0.4, 0.5) is 11.4 Å². The number of anilines is 2. The number of carbonyl (C=O) groups is 1. The Bertz CT molecular complexity index is 1210. The maximum absolute atomic E-state index is 13.6. The molecule has 172 valence electrons. The normalized spacial score (nSPS) is 14.2. The molecule has 33 heavy (non-hydrogen) atoms. The van der Waals surface area contributed by atoms with Crippen LogP contribution in [0.2, 0.25) is 0 Å². The van der Waals surface area contributed by atoms with E-state index in [2.05, 4.69) is 17.0 Å². The average molecular weight is 464 g/mol. The number of hydrogen-bond donors (Lipinski definition) is 0. The zero-order valence-corrected chi connectivity index (χ0v) is 19.8. The number of benzene rings is 3. The highest BCUT2D eigenvalue weighted by Gasteiger charge is 2.31. The molecule has 6 nitrogen and oxygen atoms in total. The second-order valence-corrected chi connectivity index (χ2v) is 10.2. The number of aryl methyl sites for hydroxylation is 2. The first-order valence-electron chi connectivity index (χ1n) is 11.1. The van der Waals surface area contributed by atoms with Crippen LogP contribution in [0.15, 0.2) is 83.8 Å². The molecule has 4 rings (SSSR count). The molecular formula is C26H29N3O3S. The van der Waals surface area contributed by atoms with Gasteiger partial charge in [-0.15, -0.1) is 0 Å². The van der Waals surface area contributed by atoms with Crippen LogP contribution < -0.4 is 9.21 Å². The number of amides is 1. The number of para-hydroxylation sites is 1. The molecule has 0 radical (unpaired) electrons. The number of piperazine rings is 1. The molecule has 7 heteroatoms. The molecule has 1 fully saturated rings. The predicted octanol–water partition coefficient (Wildman–Crippen LogP) is 3.85. The Morgan fingerprint density at radius 3 is 2.06 bits per heavy atom. The van der Waals surface area contributed by atoms with Gasteiger partial charge in [0.25, 0.3) is 10.0 Å². The van der Waals surface area contributed by atoms with Crippen molar-refractivity contribution in [3.05, 3.63) is 90.0 Å². The molecule has 1 aliphatic rings. The second kappa shape index (κ2) is 9.67. The molecule has 1 aliphatic heterocycles. The van der Waals surface area contributed by atoms with Crippen LogP contribution in [0.3, 0.4) is 0 Å². The summed E-state index contributed by atoms with van der Waals surface area (Å²) < 4.78 is 28.4. The van der Waals surface area contributed by atoms with Gasteiger partial charge in [-0.1, -0.05) is 54.1 Å². The van der Waals surface area contributed by atoms with Crippen LogP contribution in [0.25, 0.3) is 0 Å². The molecular weight excluding hydrogens is 434 g/mol. The van der Waals surface area contributed by atoms with E-state index in [0.29, 0.717) is 31.9 Å². The Kier molecular flexibility index (Phi) is 6.70. The van der Waals surface area contributed by atoms with Gasteiger partial charge in [0, 0.05) is 31.9 Å². The van der Waals surface area contributed by atoms with E-state index in [1.807, 2.05) is 44.2 Å². The van der Waals surface area contributed by atoms with E-state index in [1.54, 1.807) is 41.3 Å². The minimum absolute atomic E-state index is 0.173. The third-order valence-corrected chi connectivity index (χ3v) is 7.76. The quantitative estimate of drug-likeness (QED) is 0.557. The highest BCUT2D eigenvalue weighted by atomic mass is 32.2. The molecule has 0 aliphatic carbocycles. The van der Waals surface area contributed by atoms with Gasteiger partial charge in [-0.2, -0.15) is 0 Å². The van der Waals surface area contributed by atoms with Crippen LogP contribution >= 0.6 is 0 Å². The average Bonchev–Trinajstić information content (AvgIpc) is 2.84. The van der Waals surface area contributed by atoms with Crippen molar-refractivity contribution in [2.75, 3.05) is 41.9 Å². The zero-order chi connectivity index (χ0) is 23.4. The molecule has 3 aromatic carbocycles. The maximum Gasteiger partial charge on any atom is 0.264 e. The monoisotopic (exact) mass is 463 g/mol. The van der Waals surface area contributed by atoms with E-state index in [9.17, 15) is 13.2 Å². The van der Waals surface area contributed by atoms with Gasteiger partial charge in [-0.3, -0.25) is 9.10 Å². The molecule has 0 N–H and O–H groups in total. The zero-order valence-electron chi connectivity index (χ0n) is 19.0. The van der Waals surface area contributed by atoms with Crippen LogP contribution in [-0.4, -0.2) is 51.9 Å². The molecule has 1 saturated heterocycles. The largest absolute Gasteiger partial charge is 0.368 e. The van der Waals surface area contributed by atoms with Gasteiger partial charge in [-0.05, 0) is 49.7 Å². The van der Waals surface area contributed by atoms with Crippen molar-refractivity contribution >= 4 is 27.3 Å². The number of carbonyl (C=O) groups excluding carboxylic acids is 1. The summed E-state index contributed by atoms with van der Waals surface area (Å²) in [6.07, 6.45) is 0. The molecule has 1 heterocycles. The summed E-state index contributed by atoms with van der Waals surface area (Å²) in [6, 6.07) is 24.0. The van der Waals surface area contributed by atoms with Gasteiger partial charge in [0.1, 0.15) is 6.54 Å². The van der Waals surface area contributed by atoms with Gasteiger partial charge in [-0.25, -0.2) is 8.42 Å². The highest BCUT2D eigenvalue weighted by Crippen LogP contribution is 2.28. The van der Waals surface area contributed by atoms with Gasteiger partial charge in [0.05, 0.1) is 10.6 Å². The Hall–Kier alpha value is -3.32. The van der Waals surface area contributed by atoms with Gasteiger partial charge >= 0.3 is 0 Å². The second-order valence-electron chi connectivity index (χ2n) is 8.32. The summed E-state index contributed by atoms with van der Waals surface area (Å²) in [5.41, 5.74) is 3.52. The van der Waals surface area contributed by atoms with Crippen LogP contribution in [-0.2, 0) is 14.8 Å². The molecule has 0 spiro atoms. The van der Waals surface area contributed by atoms with Crippen molar-refractivity contribution in [1.82, 2.24) is 4.90 Å². The van der Waals surface area contributed by atoms with Gasteiger partial charge in [0.2, 0.25) is 5.91 Å². The number of rotatable bonds is 6. The molecule has 3 aromatic rings. The Balaban J connectivity index is 1.56. The van der Waals surface area contributed by atoms with E-state index >= 15 is 0 Å². The minimum Gasteiger partial charge on any atom is -0.368 e. The summed E-state index contributed by atoms with van der Waals surface area (Å²) >= 11 is 0. The van der Waals surface area contributed by atoms with Crippen molar-refractivity contribution in [1.29, 1.82) is 0 Å². The van der Waals surface area contributed by atoms with Crippen LogP contribution in [0, 0.1) is 13.8 Å². The molecule has 0 bridgehead atoms. The third kappa shape index (κ3) is 5.03. The van der Waals surface area contributed by atoms with E-state index in [4.69, 9.17) is 0 Å². The maximum atomic E-state index is 13.6. The molecule has 0 unspecified atom stereocenters. The lowest BCUT2D eigenvalue weighted by molar-refractivity contribution is -0.129. The van der Waals surface area contributed by atoms with Crippen molar-refractivity contribution in [2.45, 2.75) is 18.7 Å². The lowest BCUT2D eigenvalue weighted by Gasteiger charge is -2.37. The summed E-state index contributed by atoms with van der Waals surface area (Å²) in [5, 5.41) is 0. The summed E-state index contributed by atoms with van der Waals surface area (Å²) in [7, 11) is -3.90. The third-order valence-electron chi connectivity index (χ3n) is 5.98. The lowest BCUT2D eigenvalue weighted by atomic mass is 10.1. The van der Waals surface area contributed by atoms with Gasteiger partial charge < -0.3 is 9.80 Å². The van der Waals surface area contributed by atoms with E-state index in [0.717, 1.165) is 16.8 Å². The van der Waals surface area contributed by atoms with E-state index < -0.39 is 10.0 Å². The number of hydrogen-bond acceptors (Lipinski definition) is 4. The number of sulfonamides is 1. The standard InChI is InChI=1S/C26H29N3O3S/c1-21-13-14-25(22(2)19-21)29(33(31,32)24-11-7-4-8-12-24)20-26(30)28-17-15-27(16-18-28)23-9-5-3-6-10-23/h3-14,19H,15-18,20H2,1-2H3. The first kappa shape index (κ1) is 22.9. The Morgan fingerprint density at radius 2 is 1.45 bits per heavy atom. The minimum atomic E-state index is -3.90. The Morgan fingerprint density at radius 1 is 0.848 bits per heavy atom. The van der Waals surface area contributed by atoms with E-state index in [-0.39, 0.29) is 17.3 Å². The molecule has 0 saturated carbocycles. The van der Waals surface area contributed by atoms with Crippen molar-refractivity contribution in [3.63, 3.8) is 0 Å². The van der Waals surface area contributed by atoms with Crippen molar-refractivity contribution < 1.29 is 13.2 Å². The van der Waals surface area contributed by atoms with Gasteiger partial charge in [0.15, 0.2) is 0 Å². The van der Waals surface area contributed by atoms with Crippen LogP contribution in [0.5, 0.6) is 0 Å². The summed E-state index contributed by atoms with van der Waals surface area (Å²) in [6.45, 7) is 6.14. The number of nitrogens with zero attached hydrogens (tertiary/aromatic N) is 3. The topological polar surface area (TPSA) is 60.9 Å². The fourth-order valence-corrected chi connectivity index (χ4v) is 5.68. The lowest BCUT2D eigenvalue weighted by Crippen LogP contribution is -2.52. The predicted molar refractivity (Wildman–Crippen MR) is 132 cm³/mol. The molecule has 1 amide bonds. The summed E-state index contributed by atoms with van der Waals surface area (Å²) in [5.74, 6) is -0.192. The van der Waals surface area contributed by atoms with E-state index in [1.165, 1.54) is 4.31 Å². The first-order chi connectivity index (χ1) is 15.9. The van der Waals surface area contributed by atoms with Crippen LogP contribution in [0.1, 0.15) is 11.1 Å². The molecule has 0 atom stereocenters. The molecule has 0 aromatic heterocycles. The van der Waals surface area contributed by atoms with Crippen molar-refractivity contribution in [2.24, 2.45) is 0 Å². The SMILES string of the molecule is Cc1ccc(N(CC(=O)N2CCN(c3ccccc3)CC2)S(=O)(=O)c2ccccc2)c(C)c1. The van der Waals surface area contributed by atoms with Crippen molar-refractivity contribution in [3.8, 4) is 0 Å².